The van der Waals surface area contributed by atoms with E-state index >= 15 is 0 Å². The molecule has 9 heteroatoms. The number of carbonyl (C=O) groups is 1. The molecular weight excluding hydrogens is 425 g/mol. The van der Waals surface area contributed by atoms with Crippen molar-refractivity contribution in [3.05, 3.63) is 91.3 Å². The average molecular weight is 442 g/mol. The first kappa shape index (κ1) is 20.1. The largest absolute Gasteiger partial charge is 0.277 e. The molecule has 7 nitrogen and oxygen atoms in total. The van der Waals surface area contributed by atoms with Gasteiger partial charge in [0.15, 0.2) is 0 Å². The van der Waals surface area contributed by atoms with Crippen molar-refractivity contribution in [3.8, 4) is 0 Å². The van der Waals surface area contributed by atoms with Crippen LogP contribution in [-0.4, -0.2) is 25.5 Å². The van der Waals surface area contributed by atoms with Crippen molar-refractivity contribution in [1.82, 2.24) is 19.6 Å². The summed E-state index contributed by atoms with van der Waals surface area (Å²) in [6, 6.07) is 13.8. The maximum Gasteiger partial charge on any atom is 0.277 e. The van der Waals surface area contributed by atoms with E-state index in [-0.39, 0.29) is 29.7 Å². The molecule has 0 saturated carbocycles. The highest BCUT2D eigenvalue weighted by Crippen LogP contribution is 2.20. The fraction of sp³-hybridized carbons (Fsp3) is 0.143. The highest BCUT2D eigenvalue weighted by molar-refractivity contribution is 6.31. The number of hydrogen-bond donors (Lipinski definition) is 1. The first-order valence-corrected chi connectivity index (χ1v) is 9.87. The predicted molar refractivity (Wildman–Crippen MR) is 116 cm³/mol. The topological polar surface area (TPSA) is 83.4 Å². The number of rotatable bonds is 4. The Kier molecular flexibility index (Phi) is 5.32. The first-order chi connectivity index (χ1) is 14.3. The van der Waals surface area contributed by atoms with E-state index in [0.717, 1.165) is 5.56 Å². The normalized spacial score (nSPS) is 11.1. The number of carbonyl (C=O) groups excluding carboxylic acids is 1. The lowest BCUT2D eigenvalue weighted by Crippen LogP contribution is -2.31. The molecule has 0 atom stereocenters. The zero-order valence-corrected chi connectivity index (χ0v) is 17.7. The summed E-state index contributed by atoms with van der Waals surface area (Å²) in [6.07, 6.45) is 0. The van der Waals surface area contributed by atoms with E-state index in [4.69, 9.17) is 23.2 Å². The molecule has 2 heterocycles. The summed E-state index contributed by atoms with van der Waals surface area (Å²) >= 11 is 12.1. The van der Waals surface area contributed by atoms with Crippen LogP contribution in [0, 0.1) is 13.8 Å². The Morgan fingerprint density at radius 3 is 2.50 bits per heavy atom. The highest BCUT2D eigenvalue weighted by atomic mass is 35.5. The molecule has 0 aliphatic heterocycles. The molecule has 4 aromatic rings. The van der Waals surface area contributed by atoms with E-state index in [2.05, 4.69) is 15.1 Å². The lowest BCUT2D eigenvalue weighted by atomic mass is 10.1. The van der Waals surface area contributed by atoms with E-state index in [0.29, 0.717) is 26.9 Å². The van der Waals surface area contributed by atoms with Gasteiger partial charge in [-0.2, -0.15) is 9.50 Å². The number of halogens is 2. The number of anilines is 1. The Morgan fingerprint density at radius 2 is 1.80 bits per heavy atom. The number of fused-ring (bicyclic) bond motifs is 1. The monoisotopic (exact) mass is 441 g/mol. The molecule has 0 saturated heterocycles. The van der Waals surface area contributed by atoms with Crippen molar-refractivity contribution in [2.24, 2.45) is 0 Å². The maximum absolute atomic E-state index is 13.3. The summed E-state index contributed by atoms with van der Waals surface area (Å²) in [7, 11) is 0. The van der Waals surface area contributed by atoms with Crippen LogP contribution in [0.1, 0.15) is 27.2 Å². The number of aromatic amines is 1. The molecule has 2 aromatic heterocycles. The van der Waals surface area contributed by atoms with Gasteiger partial charge in [0.1, 0.15) is 0 Å². The van der Waals surface area contributed by atoms with Gasteiger partial charge in [-0.3, -0.25) is 19.6 Å². The number of hydrogen-bond acceptors (Lipinski definition) is 4. The van der Waals surface area contributed by atoms with Gasteiger partial charge in [-0.1, -0.05) is 41.4 Å². The Balaban J connectivity index is 1.83. The van der Waals surface area contributed by atoms with Crippen molar-refractivity contribution in [2.75, 3.05) is 4.90 Å². The lowest BCUT2D eigenvalue weighted by Gasteiger charge is -2.20. The highest BCUT2D eigenvalue weighted by Gasteiger charge is 2.23. The summed E-state index contributed by atoms with van der Waals surface area (Å²) in [5, 5.41) is 3.95. The van der Waals surface area contributed by atoms with E-state index in [1.165, 1.54) is 9.42 Å². The molecule has 4 rings (SSSR count). The summed E-state index contributed by atoms with van der Waals surface area (Å²) < 4.78 is 1.23. The van der Waals surface area contributed by atoms with Gasteiger partial charge in [-0.25, -0.2) is 4.98 Å². The number of amides is 1. The molecule has 1 N–H and O–H groups in total. The van der Waals surface area contributed by atoms with Crippen LogP contribution >= 0.6 is 23.2 Å². The second-order valence-corrected chi connectivity index (χ2v) is 7.71. The Hall–Kier alpha value is -3.16. The second-order valence-electron chi connectivity index (χ2n) is 6.84. The minimum atomic E-state index is -0.326. The fourth-order valence-electron chi connectivity index (χ4n) is 3.01. The molecule has 0 unspecified atom stereocenters. The minimum Gasteiger partial charge on any atom is -0.272 e. The molecule has 1 amide bonds. The van der Waals surface area contributed by atoms with E-state index in [1.54, 1.807) is 50.2 Å². The summed E-state index contributed by atoms with van der Waals surface area (Å²) in [4.78, 5) is 36.1. The Bertz CT molecular complexity index is 1310. The van der Waals surface area contributed by atoms with Crippen molar-refractivity contribution in [3.63, 3.8) is 0 Å². The molecule has 152 valence electrons. The van der Waals surface area contributed by atoms with Crippen molar-refractivity contribution in [1.29, 1.82) is 0 Å². The van der Waals surface area contributed by atoms with E-state index in [9.17, 15) is 9.59 Å². The third kappa shape index (κ3) is 3.81. The molecular formula is C21H17Cl2N5O2. The van der Waals surface area contributed by atoms with Gasteiger partial charge in [0, 0.05) is 26.9 Å². The van der Waals surface area contributed by atoms with Crippen LogP contribution in [0.5, 0.6) is 0 Å². The van der Waals surface area contributed by atoms with Crippen molar-refractivity contribution < 1.29 is 4.79 Å². The quantitative estimate of drug-likeness (QED) is 0.514. The Morgan fingerprint density at radius 1 is 1.07 bits per heavy atom. The van der Waals surface area contributed by atoms with E-state index < -0.39 is 0 Å². The number of aromatic nitrogens is 4. The fourth-order valence-corrected chi connectivity index (χ4v) is 3.32. The number of benzene rings is 2. The molecule has 0 spiro atoms. The van der Waals surface area contributed by atoms with Crippen LogP contribution in [0.2, 0.25) is 10.0 Å². The predicted octanol–water partition coefficient (Wildman–Crippen LogP) is 4.19. The van der Waals surface area contributed by atoms with Crippen LogP contribution in [0.4, 0.5) is 5.95 Å². The van der Waals surface area contributed by atoms with Gasteiger partial charge in [0.25, 0.3) is 17.2 Å². The number of nitrogens with zero attached hydrogens (tertiary/aromatic N) is 4. The van der Waals surface area contributed by atoms with Crippen LogP contribution in [0.3, 0.4) is 0 Å². The van der Waals surface area contributed by atoms with Crippen molar-refractivity contribution >= 4 is 40.8 Å². The smallest absolute Gasteiger partial charge is 0.272 e. The van der Waals surface area contributed by atoms with Crippen LogP contribution < -0.4 is 10.5 Å². The van der Waals surface area contributed by atoms with Gasteiger partial charge < -0.3 is 0 Å². The van der Waals surface area contributed by atoms with Gasteiger partial charge in [-0.05, 0) is 49.7 Å². The van der Waals surface area contributed by atoms with Gasteiger partial charge in [0.2, 0.25) is 5.95 Å². The zero-order valence-electron chi connectivity index (χ0n) is 16.2. The molecule has 0 fully saturated rings. The molecule has 0 bridgehead atoms. The minimum absolute atomic E-state index is 0.193. The number of nitrogens with one attached hydrogen (secondary N) is 1. The van der Waals surface area contributed by atoms with E-state index in [1.807, 2.05) is 12.1 Å². The Labute approximate surface area is 181 Å². The lowest BCUT2D eigenvalue weighted by molar-refractivity contribution is 0.0983. The van der Waals surface area contributed by atoms with Crippen LogP contribution in [0.15, 0.2) is 53.3 Å². The third-order valence-corrected chi connectivity index (χ3v) is 5.27. The van der Waals surface area contributed by atoms with Gasteiger partial charge in [0.05, 0.1) is 6.54 Å². The SMILES string of the molecule is Cc1nc2nc(N(Cc3ccc(Cl)cc3)C(=O)c3cccc(Cl)c3)[nH]n2c(=O)c1C. The third-order valence-electron chi connectivity index (χ3n) is 4.78. The van der Waals surface area contributed by atoms with Crippen molar-refractivity contribution in [2.45, 2.75) is 20.4 Å². The molecule has 0 aliphatic rings. The average Bonchev–Trinajstić information content (AvgIpc) is 3.15. The molecule has 30 heavy (non-hydrogen) atoms. The second kappa shape index (κ2) is 7.93. The van der Waals surface area contributed by atoms with Crippen LogP contribution in [0.25, 0.3) is 5.78 Å². The zero-order chi connectivity index (χ0) is 21.4. The van der Waals surface area contributed by atoms with Gasteiger partial charge in [-0.15, -0.1) is 0 Å². The number of H-pyrrole nitrogens is 1. The summed E-state index contributed by atoms with van der Waals surface area (Å²) in [5.41, 5.74) is 2.06. The molecule has 2 aromatic carbocycles. The molecule has 0 aliphatic carbocycles. The molecule has 0 radical (unpaired) electrons. The maximum atomic E-state index is 13.3. The van der Waals surface area contributed by atoms with Gasteiger partial charge >= 0.3 is 0 Å². The summed E-state index contributed by atoms with van der Waals surface area (Å²) in [5.74, 6) is 0.0654. The first-order valence-electron chi connectivity index (χ1n) is 9.11. The van der Waals surface area contributed by atoms with Crippen LogP contribution in [-0.2, 0) is 6.54 Å². The number of aryl methyl sites for hydroxylation is 1. The summed E-state index contributed by atoms with van der Waals surface area (Å²) in [6.45, 7) is 3.64. The standard InChI is InChI=1S/C21H17Cl2N5O2/c1-12-13(2)24-20-25-21(26-28(20)18(12)29)27(11-14-6-8-16(22)9-7-14)19(30)15-4-3-5-17(23)10-15/h3-10H,11H2,1-2H3,(H,24,25,26).